The second-order valence-corrected chi connectivity index (χ2v) is 20.4. The predicted octanol–water partition coefficient (Wildman–Crippen LogP) is 13.8. The van der Waals surface area contributed by atoms with Crippen LogP contribution in [0.15, 0.2) is 133 Å². The Balaban J connectivity index is 1.14. The highest BCUT2D eigenvalue weighted by atomic mass is 15.2. The summed E-state index contributed by atoms with van der Waals surface area (Å²) in [7, 11) is 2.47. The van der Waals surface area contributed by atoms with Gasteiger partial charge in [0.15, 0.2) is 7.28 Å². The van der Waals surface area contributed by atoms with Crippen LogP contribution in [0, 0.1) is 6.92 Å². The highest BCUT2D eigenvalue weighted by molar-refractivity contribution is 6.73. The lowest BCUT2D eigenvalue weighted by atomic mass is 9.55. The maximum atomic E-state index is 4.11. The van der Waals surface area contributed by atoms with Gasteiger partial charge in [0.1, 0.15) is 0 Å². The number of aryl methyl sites for hydroxylation is 1. The molecule has 0 aromatic heterocycles. The van der Waals surface area contributed by atoms with E-state index < -0.39 is 0 Å². The molecule has 0 amide bonds. The molecule has 295 valence electrons. The van der Waals surface area contributed by atoms with Gasteiger partial charge < -0.3 is 10.2 Å². The van der Waals surface area contributed by atoms with Gasteiger partial charge in [0.2, 0.25) is 0 Å². The van der Waals surface area contributed by atoms with E-state index >= 15 is 0 Å². The Hall–Kier alpha value is -5.80. The highest BCUT2D eigenvalue weighted by Gasteiger charge is 2.45. The fourth-order valence-electron chi connectivity index (χ4n) is 11.5. The normalized spacial score (nSPS) is 17.6. The van der Waals surface area contributed by atoms with Gasteiger partial charge in [-0.3, -0.25) is 0 Å². The summed E-state index contributed by atoms with van der Waals surface area (Å²) in [6, 6.07) is 50.6. The molecular weight excluding hydrogens is 723 g/mol. The predicted molar refractivity (Wildman–Crippen MR) is 256 cm³/mol. The fraction of sp³-hybridized carbons (Fsp3) is 0.263. The lowest BCUT2D eigenvalue weighted by molar-refractivity contribution is 0.331. The summed E-state index contributed by atoms with van der Waals surface area (Å²) >= 11 is 0. The molecule has 0 atom stereocenters. The molecule has 0 saturated heterocycles. The maximum Gasteiger partial charge on any atom is 0.197 e. The smallest absolute Gasteiger partial charge is 0.197 e. The molecule has 1 N–H and O–H groups in total. The number of benzene rings is 7. The van der Waals surface area contributed by atoms with Crippen molar-refractivity contribution in [3.05, 3.63) is 172 Å². The summed E-state index contributed by atoms with van der Waals surface area (Å²) in [4.78, 5) is 2.64. The Morgan fingerprint density at radius 3 is 1.95 bits per heavy atom. The minimum absolute atomic E-state index is 0.0982. The van der Waals surface area contributed by atoms with Crippen LogP contribution in [0.4, 0.5) is 28.4 Å². The van der Waals surface area contributed by atoms with Crippen molar-refractivity contribution in [2.24, 2.45) is 0 Å². The number of nitrogens with zero attached hydrogens (tertiary/aromatic N) is 1. The second-order valence-electron chi connectivity index (χ2n) is 20.4. The SMILES string of the molecule is Cc1cc(-c2ccc(-c3ccccc3)cc2Nc2cccc3c2C(C)(C)c2ccccc2-3)c2c(c1)N1c3cc4c(cc3C(C)(C)c3cccc(c31)[B]2)C(C)(C)CCC4(C)C. The van der Waals surface area contributed by atoms with Crippen LogP contribution in [0.2, 0.25) is 0 Å². The first-order valence-electron chi connectivity index (χ1n) is 22.0. The molecule has 3 heteroatoms. The first-order valence-corrected chi connectivity index (χ1v) is 22.0. The lowest BCUT2D eigenvalue weighted by Crippen LogP contribution is -2.46. The van der Waals surface area contributed by atoms with E-state index in [-0.39, 0.29) is 21.7 Å². The number of para-hydroxylation sites is 1. The van der Waals surface area contributed by atoms with Crippen molar-refractivity contribution in [2.75, 3.05) is 10.2 Å². The van der Waals surface area contributed by atoms with Crippen molar-refractivity contribution >= 4 is 46.6 Å². The van der Waals surface area contributed by atoms with E-state index in [1.54, 1.807) is 0 Å². The Kier molecular flexibility index (Phi) is 7.83. The van der Waals surface area contributed by atoms with Crippen molar-refractivity contribution in [2.45, 2.75) is 96.8 Å². The number of anilines is 5. The van der Waals surface area contributed by atoms with E-state index in [1.165, 1.54) is 113 Å². The molecule has 2 heterocycles. The third-order valence-corrected chi connectivity index (χ3v) is 15.0. The maximum absolute atomic E-state index is 4.11. The van der Waals surface area contributed by atoms with E-state index in [2.05, 4.69) is 213 Å². The van der Waals surface area contributed by atoms with Gasteiger partial charge in [-0.2, -0.15) is 0 Å². The average molecular weight is 778 g/mol. The van der Waals surface area contributed by atoms with Gasteiger partial charge in [-0.25, -0.2) is 0 Å². The van der Waals surface area contributed by atoms with Crippen LogP contribution in [0.5, 0.6) is 0 Å². The molecule has 1 radical (unpaired) electrons. The largest absolute Gasteiger partial charge is 0.355 e. The third-order valence-electron chi connectivity index (χ3n) is 15.0. The quantitative estimate of drug-likeness (QED) is 0.179. The molecule has 0 fully saturated rings. The van der Waals surface area contributed by atoms with Crippen molar-refractivity contribution in [1.82, 2.24) is 0 Å². The van der Waals surface area contributed by atoms with Crippen LogP contribution >= 0.6 is 0 Å². The monoisotopic (exact) mass is 777 g/mol. The summed E-state index contributed by atoms with van der Waals surface area (Å²) in [5.41, 5.74) is 25.9. The molecule has 2 nitrogen and oxygen atoms in total. The molecule has 2 aliphatic carbocycles. The molecule has 0 spiro atoms. The van der Waals surface area contributed by atoms with Crippen LogP contribution in [-0.2, 0) is 21.7 Å². The number of nitrogens with one attached hydrogen (secondary N) is 1. The number of hydrogen-bond donors (Lipinski definition) is 1. The minimum atomic E-state index is -0.157. The van der Waals surface area contributed by atoms with E-state index in [1.807, 2.05) is 0 Å². The van der Waals surface area contributed by atoms with Crippen molar-refractivity contribution < 1.29 is 0 Å². The average Bonchev–Trinajstić information content (AvgIpc) is 3.47. The Labute approximate surface area is 358 Å². The third kappa shape index (κ3) is 5.27. The first-order chi connectivity index (χ1) is 28.6. The van der Waals surface area contributed by atoms with E-state index in [4.69, 9.17) is 0 Å². The minimum Gasteiger partial charge on any atom is -0.355 e. The molecule has 60 heavy (non-hydrogen) atoms. The van der Waals surface area contributed by atoms with Gasteiger partial charge in [-0.15, -0.1) is 0 Å². The van der Waals surface area contributed by atoms with Crippen LogP contribution in [-0.4, -0.2) is 7.28 Å². The van der Waals surface area contributed by atoms with Gasteiger partial charge in [0, 0.05) is 39.1 Å². The van der Waals surface area contributed by atoms with Crippen LogP contribution < -0.4 is 21.1 Å². The van der Waals surface area contributed by atoms with Crippen LogP contribution in [0.3, 0.4) is 0 Å². The summed E-state index contributed by atoms with van der Waals surface area (Å²) in [5, 5.41) is 4.11. The van der Waals surface area contributed by atoms with Gasteiger partial charge in [0.25, 0.3) is 0 Å². The van der Waals surface area contributed by atoms with Crippen molar-refractivity contribution in [3.8, 4) is 33.4 Å². The fourth-order valence-corrected chi connectivity index (χ4v) is 11.5. The molecule has 4 aliphatic rings. The van der Waals surface area contributed by atoms with Crippen LogP contribution in [0.1, 0.15) is 107 Å². The topological polar surface area (TPSA) is 15.3 Å². The highest BCUT2D eigenvalue weighted by Crippen LogP contribution is 2.57. The molecular formula is C57H54BN2. The Morgan fingerprint density at radius 2 is 1.17 bits per heavy atom. The van der Waals surface area contributed by atoms with Gasteiger partial charge in [0.05, 0.1) is 5.69 Å². The van der Waals surface area contributed by atoms with Gasteiger partial charge in [-0.1, -0.05) is 170 Å². The number of hydrogen-bond acceptors (Lipinski definition) is 2. The van der Waals surface area contributed by atoms with Crippen molar-refractivity contribution in [1.29, 1.82) is 0 Å². The number of fused-ring (bicyclic) bond motifs is 8. The standard InChI is InChI=1S/C57H54BN2/c1-34-29-40(38-26-25-36(35-17-11-10-12-18-35)31-48(38)59-47-24-15-20-39-37-19-13-14-21-41(37)57(8,9)51(39)47)52-50(30-34)60-49-33-44-43(54(2,3)27-28-55(44,4)5)32-45(49)56(6,7)42-22-16-23-46(58-52)53(42)60/h10-26,29-33,59H,27-28H2,1-9H3. The summed E-state index contributed by atoms with van der Waals surface area (Å²) < 4.78 is 0. The van der Waals surface area contributed by atoms with E-state index in [0.717, 1.165) is 11.4 Å². The summed E-state index contributed by atoms with van der Waals surface area (Å²) in [5.74, 6) is 0. The van der Waals surface area contributed by atoms with Crippen LogP contribution in [0.25, 0.3) is 33.4 Å². The second kappa shape index (κ2) is 12.6. The van der Waals surface area contributed by atoms with E-state index in [9.17, 15) is 0 Å². The molecule has 0 saturated carbocycles. The zero-order chi connectivity index (χ0) is 41.5. The molecule has 0 unspecified atom stereocenters. The Morgan fingerprint density at radius 1 is 0.483 bits per heavy atom. The molecule has 7 aromatic rings. The molecule has 7 aromatic carbocycles. The van der Waals surface area contributed by atoms with Gasteiger partial charge >= 0.3 is 0 Å². The Bertz CT molecular complexity index is 2950. The first kappa shape index (κ1) is 37.2. The van der Waals surface area contributed by atoms with Crippen molar-refractivity contribution in [3.63, 3.8) is 0 Å². The zero-order valence-corrected chi connectivity index (χ0v) is 36.6. The lowest BCUT2D eigenvalue weighted by Gasteiger charge is -2.49. The van der Waals surface area contributed by atoms with Gasteiger partial charge in [-0.05, 0) is 127 Å². The molecule has 11 rings (SSSR count). The zero-order valence-electron chi connectivity index (χ0n) is 36.6. The van der Waals surface area contributed by atoms with E-state index in [0.29, 0.717) is 0 Å². The summed E-state index contributed by atoms with van der Waals surface area (Å²) in [6.07, 6.45) is 2.39. The number of rotatable bonds is 4. The molecule has 2 aliphatic heterocycles. The summed E-state index contributed by atoms with van der Waals surface area (Å²) in [6.45, 7) is 21.7. The molecule has 0 bridgehead atoms.